The third-order valence-corrected chi connectivity index (χ3v) is 9.58. The van der Waals surface area contributed by atoms with Gasteiger partial charge in [0.25, 0.3) is 0 Å². The first kappa shape index (κ1) is 19.0. The molecule has 1 N–H and O–H groups in total. The van der Waals surface area contributed by atoms with Crippen molar-refractivity contribution >= 4 is 13.3 Å². The molecular weight excluding hydrogens is 309 g/mol. The van der Waals surface area contributed by atoms with E-state index < -0.39 is 13.3 Å². The summed E-state index contributed by atoms with van der Waals surface area (Å²) in [6, 6.07) is -0.449. The van der Waals surface area contributed by atoms with Crippen LogP contribution in [0.25, 0.3) is 0 Å². The summed E-state index contributed by atoms with van der Waals surface area (Å²) in [7, 11) is -1.18. The van der Waals surface area contributed by atoms with Crippen LogP contribution in [0.15, 0.2) is 0 Å². The van der Waals surface area contributed by atoms with Crippen LogP contribution in [0.3, 0.4) is 0 Å². The zero-order valence-corrected chi connectivity index (χ0v) is 15.9. The van der Waals surface area contributed by atoms with Crippen LogP contribution >= 0.6 is 7.29 Å². The molecule has 2 saturated carbocycles. The zero-order chi connectivity index (χ0) is 16.9. The van der Waals surface area contributed by atoms with E-state index in [2.05, 4.69) is 5.09 Å². The molecule has 0 aromatic rings. The van der Waals surface area contributed by atoms with Crippen LogP contribution in [-0.2, 0) is 14.1 Å². The molecule has 0 radical (unpaired) electrons. The summed E-state index contributed by atoms with van der Waals surface area (Å²) >= 11 is 0. The molecule has 0 bridgehead atoms. The van der Waals surface area contributed by atoms with Gasteiger partial charge in [-0.05, 0) is 31.6 Å². The summed E-state index contributed by atoms with van der Waals surface area (Å²) in [6.45, 7) is 4.00. The van der Waals surface area contributed by atoms with Crippen molar-refractivity contribution in [2.45, 2.75) is 95.4 Å². The molecule has 0 amide bonds. The Morgan fingerprint density at radius 3 is 1.74 bits per heavy atom. The lowest BCUT2D eigenvalue weighted by molar-refractivity contribution is -0.143. The zero-order valence-electron chi connectivity index (χ0n) is 15.1. The van der Waals surface area contributed by atoms with E-state index in [-0.39, 0.29) is 23.2 Å². The van der Waals surface area contributed by atoms with Gasteiger partial charge in [-0.25, -0.2) is 0 Å². The fourth-order valence-corrected chi connectivity index (χ4v) is 8.38. The van der Waals surface area contributed by atoms with E-state index in [1.54, 1.807) is 0 Å². The highest BCUT2D eigenvalue weighted by molar-refractivity contribution is 7.63. The molecule has 2 aliphatic rings. The number of rotatable bonds is 6. The highest BCUT2D eigenvalue weighted by Crippen LogP contribution is 2.60. The van der Waals surface area contributed by atoms with Gasteiger partial charge in [-0.1, -0.05) is 52.4 Å². The van der Waals surface area contributed by atoms with Crippen LogP contribution < -0.4 is 5.09 Å². The predicted octanol–water partition coefficient (Wildman–Crippen LogP) is 4.72. The Morgan fingerprint density at radius 1 is 0.957 bits per heavy atom. The van der Waals surface area contributed by atoms with Gasteiger partial charge < -0.3 is 9.30 Å². The van der Waals surface area contributed by atoms with Gasteiger partial charge in [0.2, 0.25) is 0 Å². The van der Waals surface area contributed by atoms with Crippen molar-refractivity contribution in [3.05, 3.63) is 0 Å². The van der Waals surface area contributed by atoms with Crippen molar-refractivity contribution in [3.63, 3.8) is 0 Å². The molecule has 1 atom stereocenters. The van der Waals surface area contributed by atoms with Gasteiger partial charge in [0.05, 0.1) is 7.11 Å². The molecule has 134 valence electrons. The summed E-state index contributed by atoms with van der Waals surface area (Å²) in [5.74, 6) is -0.185. The van der Waals surface area contributed by atoms with E-state index in [1.807, 2.05) is 13.8 Å². The van der Waals surface area contributed by atoms with Crippen molar-refractivity contribution in [2.24, 2.45) is 5.92 Å². The number of nitrogens with one attached hydrogen (secondary N) is 1. The molecule has 0 aromatic heterocycles. The molecule has 0 heterocycles. The fourth-order valence-electron chi connectivity index (χ4n) is 4.26. The summed E-state index contributed by atoms with van der Waals surface area (Å²) in [5, 5.41) is 3.40. The van der Waals surface area contributed by atoms with Crippen LogP contribution in [0, 0.1) is 5.92 Å². The second-order valence-corrected chi connectivity index (χ2v) is 10.8. The smallest absolute Gasteiger partial charge is 0.323 e. The van der Waals surface area contributed by atoms with Crippen LogP contribution in [0.4, 0.5) is 0 Å². The van der Waals surface area contributed by atoms with E-state index in [0.29, 0.717) is 0 Å². The largest absolute Gasteiger partial charge is 0.468 e. The van der Waals surface area contributed by atoms with Gasteiger partial charge in [-0.2, -0.15) is 0 Å². The molecule has 4 nitrogen and oxygen atoms in total. The number of carbonyl (C=O) groups excluding carboxylic acids is 1. The molecule has 2 fully saturated rings. The lowest BCUT2D eigenvalue weighted by atomic mass is 9.99. The minimum Gasteiger partial charge on any atom is -0.468 e. The van der Waals surface area contributed by atoms with Gasteiger partial charge in [0.15, 0.2) is 7.29 Å². The molecule has 2 rings (SSSR count). The molecular formula is C18H34NO3P. The van der Waals surface area contributed by atoms with Crippen LogP contribution in [0.1, 0.15) is 78.1 Å². The maximum Gasteiger partial charge on any atom is 0.323 e. The van der Waals surface area contributed by atoms with Gasteiger partial charge in [0.1, 0.15) is 6.04 Å². The van der Waals surface area contributed by atoms with Crippen molar-refractivity contribution in [1.82, 2.24) is 5.09 Å². The van der Waals surface area contributed by atoms with Crippen LogP contribution in [0.5, 0.6) is 0 Å². The monoisotopic (exact) mass is 343 g/mol. The second kappa shape index (κ2) is 8.67. The Balaban J connectivity index is 2.24. The highest BCUT2D eigenvalue weighted by atomic mass is 31.2. The minimum atomic E-state index is -2.60. The summed E-state index contributed by atoms with van der Waals surface area (Å²) in [5.41, 5.74) is 0.510. The van der Waals surface area contributed by atoms with E-state index in [9.17, 15) is 9.36 Å². The first-order chi connectivity index (χ1) is 11.0. The maximum atomic E-state index is 14.1. The summed E-state index contributed by atoms with van der Waals surface area (Å²) in [4.78, 5) is 12.2. The van der Waals surface area contributed by atoms with Crippen LogP contribution in [-0.4, -0.2) is 30.4 Å². The lowest BCUT2D eigenvalue weighted by Gasteiger charge is -2.40. The summed E-state index contributed by atoms with van der Waals surface area (Å²) < 4.78 is 19.1. The average Bonchev–Trinajstić information content (AvgIpc) is 2.60. The SMILES string of the molecule is COC(=O)[C@H](NP(=O)(C1CCCCC1)C1CCCCC1)C(C)C. The molecule has 0 saturated heterocycles. The average molecular weight is 343 g/mol. The predicted molar refractivity (Wildman–Crippen MR) is 95.1 cm³/mol. The Kier molecular flexibility index (Phi) is 7.16. The third kappa shape index (κ3) is 4.60. The molecule has 0 spiro atoms. The topological polar surface area (TPSA) is 55.4 Å². The van der Waals surface area contributed by atoms with Crippen molar-refractivity contribution in [1.29, 1.82) is 0 Å². The van der Waals surface area contributed by atoms with Crippen molar-refractivity contribution < 1.29 is 14.1 Å². The highest BCUT2D eigenvalue weighted by Gasteiger charge is 2.44. The van der Waals surface area contributed by atoms with E-state index in [1.165, 1.54) is 45.6 Å². The number of hydrogen-bond donors (Lipinski definition) is 1. The number of methoxy groups -OCH3 is 1. The minimum absolute atomic E-state index is 0.0861. The second-order valence-electron chi connectivity index (χ2n) is 7.67. The van der Waals surface area contributed by atoms with Gasteiger partial charge >= 0.3 is 5.97 Å². The van der Waals surface area contributed by atoms with Crippen molar-refractivity contribution in [2.75, 3.05) is 7.11 Å². The number of esters is 1. The lowest BCUT2D eigenvalue weighted by Crippen LogP contribution is -2.44. The number of ether oxygens (including phenoxy) is 1. The summed E-state index contributed by atoms with van der Waals surface area (Å²) in [6.07, 6.45) is 11.4. The first-order valence-electron chi connectivity index (χ1n) is 9.44. The number of hydrogen-bond acceptors (Lipinski definition) is 3. The van der Waals surface area contributed by atoms with Crippen LogP contribution in [0.2, 0.25) is 0 Å². The maximum absolute atomic E-state index is 14.1. The van der Waals surface area contributed by atoms with Gasteiger partial charge in [0, 0.05) is 11.3 Å². The normalized spacial score (nSPS) is 23.0. The molecule has 0 aliphatic heterocycles. The van der Waals surface area contributed by atoms with Crippen molar-refractivity contribution in [3.8, 4) is 0 Å². The Hall–Kier alpha value is -0.340. The van der Waals surface area contributed by atoms with E-state index in [0.717, 1.165) is 25.7 Å². The molecule has 23 heavy (non-hydrogen) atoms. The standard InChI is InChI=1S/C18H34NO3P/c1-14(2)17(18(20)22-3)19-23(21,15-10-6-4-7-11-15)16-12-8-5-9-13-16/h14-17H,4-13H2,1-3H3,(H,19,21)/t17-/m1/s1. The fraction of sp³-hybridized carbons (Fsp3) is 0.944. The molecule has 2 aliphatic carbocycles. The van der Waals surface area contributed by atoms with Gasteiger partial charge in [-0.15, -0.1) is 0 Å². The third-order valence-electron chi connectivity index (χ3n) is 5.70. The molecule has 0 unspecified atom stereocenters. The molecule has 0 aromatic carbocycles. The first-order valence-corrected chi connectivity index (χ1v) is 11.3. The Labute approximate surface area is 141 Å². The van der Waals surface area contributed by atoms with E-state index in [4.69, 9.17) is 4.74 Å². The van der Waals surface area contributed by atoms with E-state index >= 15 is 0 Å². The Morgan fingerprint density at radius 2 is 1.39 bits per heavy atom. The Bertz CT molecular complexity index is 404. The number of carbonyl (C=O) groups is 1. The molecule has 5 heteroatoms. The quantitative estimate of drug-likeness (QED) is 0.560. The van der Waals surface area contributed by atoms with Gasteiger partial charge in [-0.3, -0.25) is 9.88 Å².